The van der Waals surface area contributed by atoms with Gasteiger partial charge in [0, 0.05) is 36.9 Å². The topological polar surface area (TPSA) is 41.0 Å². The molecule has 5 heteroatoms. The molecule has 2 heterocycles. The summed E-state index contributed by atoms with van der Waals surface area (Å²) in [5.74, 6) is 0. The molecule has 2 rings (SSSR count). The van der Waals surface area contributed by atoms with Gasteiger partial charge >= 0.3 is 0 Å². The summed E-state index contributed by atoms with van der Waals surface area (Å²) in [4.78, 5) is 12.2. The molecule has 1 atom stereocenters. The summed E-state index contributed by atoms with van der Waals surface area (Å²) >= 11 is 1.76. The van der Waals surface area contributed by atoms with Crippen LogP contribution in [0.2, 0.25) is 0 Å². The highest BCUT2D eigenvalue weighted by Crippen LogP contribution is 2.30. The first-order valence-corrected chi connectivity index (χ1v) is 7.18. The number of nitrogens with zero attached hydrogens (tertiary/aromatic N) is 3. The number of rotatable bonds is 5. The Labute approximate surface area is 118 Å². The average molecular weight is 276 g/mol. The Kier molecular flexibility index (Phi) is 4.50. The van der Waals surface area contributed by atoms with E-state index in [4.69, 9.17) is 0 Å². The van der Waals surface area contributed by atoms with Gasteiger partial charge in [0.1, 0.15) is 0 Å². The Hall–Kier alpha value is -1.46. The third-order valence-electron chi connectivity index (χ3n) is 3.14. The van der Waals surface area contributed by atoms with Gasteiger partial charge in [0.25, 0.3) is 0 Å². The van der Waals surface area contributed by atoms with Gasteiger partial charge in [0.05, 0.1) is 5.69 Å². The molecule has 2 aromatic heterocycles. The van der Waals surface area contributed by atoms with Crippen LogP contribution in [-0.4, -0.2) is 24.1 Å². The van der Waals surface area contributed by atoms with Crippen LogP contribution in [0.15, 0.2) is 24.5 Å². The zero-order valence-corrected chi connectivity index (χ0v) is 12.7. The van der Waals surface area contributed by atoms with Gasteiger partial charge in [-0.2, -0.15) is 0 Å². The molecular weight excluding hydrogens is 256 g/mol. The minimum atomic E-state index is 0.348. The largest absolute Gasteiger partial charge is 0.347 e. The van der Waals surface area contributed by atoms with Crippen LogP contribution in [0.4, 0.5) is 5.13 Å². The second-order valence-electron chi connectivity index (χ2n) is 4.67. The summed E-state index contributed by atoms with van der Waals surface area (Å²) in [6.45, 7) is 5.08. The fourth-order valence-electron chi connectivity index (χ4n) is 1.92. The van der Waals surface area contributed by atoms with Crippen LogP contribution < -0.4 is 10.2 Å². The summed E-state index contributed by atoms with van der Waals surface area (Å²) < 4.78 is 0. The molecule has 0 amide bonds. The second kappa shape index (κ2) is 6.12. The van der Waals surface area contributed by atoms with Crippen molar-refractivity contribution in [2.45, 2.75) is 26.4 Å². The summed E-state index contributed by atoms with van der Waals surface area (Å²) in [6, 6.07) is 4.42. The van der Waals surface area contributed by atoms with Gasteiger partial charge in [-0.1, -0.05) is 0 Å². The molecule has 0 bridgehead atoms. The molecule has 102 valence electrons. The van der Waals surface area contributed by atoms with Crippen molar-refractivity contribution >= 4 is 16.5 Å². The summed E-state index contributed by atoms with van der Waals surface area (Å²) in [7, 11) is 4.05. The van der Waals surface area contributed by atoms with E-state index >= 15 is 0 Å². The van der Waals surface area contributed by atoms with Crippen molar-refractivity contribution < 1.29 is 0 Å². The van der Waals surface area contributed by atoms with E-state index in [9.17, 15) is 0 Å². The molecule has 0 spiro atoms. The highest BCUT2D eigenvalue weighted by Gasteiger charge is 2.15. The van der Waals surface area contributed by atoms with Crippen LogP contribution >= 0.6 is 11.3 Å². The highest BCUT2D eigenvalue weighted by molar-refractivity contribution is 7.15. The minimum absolute atomic E-state index is 0.348. The predicted molar refractivity (Wildman–Crippen MR) is 80.7 cm³/mol. The zero-order valence-electron chi connectivity index (χ0n) is 11.8. The zero-order chi connectivity index (χ0) is 13.8. The van der Waals surface area contributed by atoms with Crippen molar-refractivity contribution in [3.8, 4) is 0 Å². The lowest BCUT2D eigenvalue weighted by Gasteiger charge is -2.15. The Morgan fingerprint density at radius 2 is 2.05 bits per heavy atom. The van der Waals surface area contributed by atoms with Crippen molar-refractivity contribution in [2.75, 3.05) is 19.0 Å². The maximum atomic E-state index is 4.66. The molecule has 0 fully saturated rings. The Morgan fingerprint density at radius 1 is 1.37 bits per heavy atom. The molecule has 0 radical (unpaired) electrons. The molecule has 0 saturated heterocycles. The first kappa shape index (κ1) is 14.0. The molecule has 1 unspecified atom stereocenters. The molecule has 0 aliphatic rings. The van der Waals surface area contributed by atoms with Gasteiger partial charge in [0.15, 0.2) is 5.13 Å². The molecule has 1 N–H and O–H groups in total. The van der Waals surface area contributed by atoms with E-state index in [0.717, 1.165) is 17.4 Å². The number of anilines is 1. The number of nitrogens with one attached hydrogen (secondary N) is 1. The Bertz CT molecular complexity index is 523. The van der Waals surface area contributed by atoms with Crippen LogP contribution in [0.1, 0.15) is 29.1 Å². The smallest absolute Gasteiger partial charge is 0.185 e. The van der Waals surface area contributed by atoms with Gasteiger partial charge in [-0.05, 0) is 38.6 Å². The van der Waals surface area contributed by atoms with Gasteiger partial charge in [-0.15, -0.1) is 11.3 Å². The molecule has 2 aromatic rings. The lowest BCUT2D eigenvalue weighted by molar-refractivity contribution is 0.658. The van der Waals surface area contributed by atoms with Crippen LogP contribution in [0, 0.1) is 6.92 Å². The van der Waals surface area contributed by atoms with Crippen molar-refractivity contribution in [1.29, 1.82) is 0 Å². The van der Waals surface area contributed by atoms with Crippen molar-refractivity contribution in [2.24, 2.45) is 0 Å². The number of aromatic nitrogens is 2. The lowest BCUT2D eigenvalue weighted by Crippen LogP contribution is -2.16. The first-order chi connectivity index (χ1) is 9.11. The van der Waals surface area contributed by atoms with E-state index in [1.54, 1.807) is 11.3 Å². The fourth-order valence-corrected chi connectivity index (χ4v) is 3.01. The third-order valence-corrected chi connectivity index (χ3v) is 4.60. The predicted octanol–water partition coefficient (Wildman–Crippen LogP) is 2.76. The monoisotopic (exact) mass is 276 g/mol. The van der Waals surface area contributed by atoms with Gasteiger partial charge in [-0.3, -0.25) is 4.98 Å². The molecule has 0 aliphatic heterocycles. The van der Waals surface area contributed by atoms with Gasteiger partial charge in [-0.25, -0.2) is 4.98 Å². The molecule has 4 nitrogen and oxygen atoms in total. The van der Waals surface area contributed by atoms with Crippen molar-refractivity contribution in [1.82, 2.24) is 15.3 Å². The quantitative estimate of drug-likeness (QED) is 0.911. The lowest BCUT2D eigenvalue weighted by atomic mass is 10.2. The summed E-state index contributed by atoms with van der Waals surface area (Å²) in [6.07, 6.45) is 3.65. The van der Waals surface area contributed by atoms with Crippen LogP contribution in [-0.2, 0) is 6.54 Å². The Morgan fingerprint density at radius 3 is 2.68 bits per heavy atom. The fraction of sp³-hybridized carbons (Fsp3) is 0.429. The van der Waals surface area contributed by atoms with Crippen LogP contribution in [0.25, 0.3) is 0 Å². The van der Waals surface area contributed by atoms with Gasteiger partial charge < -0.3 is 10.2 Å². The normalized spacial score (nSPS) is 12.4. The number of hydrogen-bond donors (Lipinski definition) is 1. The summed E-state index contributed by atoms with van der Waals surface area (Å²) in [5, 5.41) is 4.33. The molecular formula is C14H20N4S. The second-order valence-corrected chi connectivity index (χ2v) is 5.68. The van der Waals surface area contributed by atoms with E-state index in [1.807, 2.05) is 31.6 Å². The standard InChI is InChI=1S/C14H20N4S/c1-10(15-3)13-11(2)17-14(19-13)18(4)9-12-5-7-16-8-6-12/h5-8,10,15H,9H2,1-4H3. The van der Waals surface area contributed by atoms with E-state index < -0.39 is 0 Å². The number of pyridine rings is 1. The maximum absolute atomic E-state index is 4.66. The third kappa shape index (κ3) is 3.30. The molecule has 0 saturated carbocycles. The molecule has 0 aromatic carbocycles. The number of thiazole rings is 1. The van der Waals surface area contributed by atoms with Crippen LogP contribution in [0.3, 0.4) is 0 Å². The van der Waals surface area contributed by atoms with Crippen molar-refractivity contribution in [3.05, 3.63) is 40.7 Å². The average Bonchev–Trinajstić information content (AvgIpc) is 2.81. The minimum Gasteiger partial charge on any atom is -0.347 e. The first-order valence-electron chi connectivity index (χ1n) is 6.36. The maximum Gasteiger partial charge on any atom is 0.185 e. The van der Waals surface area contributed by atoms with E-state index in [2.05, 4.69) is 41.1 Å². The van der Waals surface area contributed by atoms with Gasteiger partial charge in [0.2, 0.25) is 0 Å². The van der Waals surface area contributed by atoms with Crippen LogP contribution in [0.5, 0.6) is 0 Å². The van der Waals surface area contributed by atoms with E-state index in [1.165, 1.54) is 10.4 Å². The van der Waals surface area contributed by atoms with E-state index in [0.29, 0.717) is 6.04 Å². The number of hydrogen-bond acceptors (Lipinski definition) is 5. The molecule has 0 aliphatic carbocycles. The van der Waals surface area contributed by atoms with E-state index in [-0.39, 0.29) is 0 Å². The summed E-state index contributed by atoms with van der Waals surface area (Å²) in [5.41, 5.74) is 2.36. The van der Waals surface area contributed by atoms with Crippen molar-refractivity contribution in [3.63, 3.8) is 0 Å². The SMILES string of the molecule is CNC(C)c1sc(N(C)Cc2ccncc2)nc1C. The molecule has 19 heavy (non-hydrogen) atoms. The highest BCUT2D eigenvalue weighted by atomic mass is 32.1. The number of aryl methyl sites for hydroxylation is 1. The Balaban J connectivity index is 2.14.